The van der Waals surface area contributed by atoms with Gasteiger partial charge in [0.05, 0.1) is 12.8 Å². The number of carbonyl (C=O) groups excluding carboxylic acids is 2. The Balaban J connectivity index is 1.56. The van der Waals surface area contributed by atoms with Crippen molar-refractivity contribution in [3.8, 4) is 0 Å². The number of amides is 2. The van der Waals surface area contributed by atoms with Gasteiger partial charge in [-0.1, -0.05) is 30.3 Å². The lowest BCUT2D eigenvalue weighted by molar-refractivity contribution is -0.116. The van der Waals surface area contributed by atoms with Gasteiger partial charge < -0.3 is 15.1 Å². The highest BCUT2D eigenvalue weighted by molar-refractivity contribution is 7.88. The summed E-state index contributed by atoms with van der Waals surface area (Å²) in [6, 6.07) is 16.2. The Bertz CT molecular complexity index is 1020. The quantitative estimate of drug-likeness (QED) is 0.648. The van der Waals surface area contributed by atoms with Crippen molar-refractivity contribution in [1.82, 2.24) is 14.1 Å². The normalized spacial score (nSPS) is 15.0. The molecule has 0 spiro atoms. The minimum atomic E-state index is -3.54. The summed E-state index contributed by atoms with van der Waals surface area (Å²) in [5.41, 5.74) is 2.08. The van der Waals surface area contributed by atoms with E-state index in [-0.39, 0.29) is 19.0 Å². The van der Waals surface area contributed by atoms with E-state index in [0.717, 1.165) is 24.9 Å². The van der Waals surface area contributed by atoms with Gasteiger partial charge in [-0.25, -0.2) is 8.42 Å². The fourth-order valence-electron chi connectivity index (χ4n) is 3.51. The number of hydrogen-bond acceptors (Lipinski definition) is 5. The van der Waals surface area contributed by atoms with E-state index in [1.807, 2.05) is 42.3 Å². The second-order valence-electron chi connectivity index (χ2n) is 8.05. The molecule has 2 amide bonds. The van der Waals surface area contributed by atoms with Gasteiger partial charge in [-0.15, -0.1) is 0 Å². The Labute approximate surface area is 189 Å². The van der Waals surface area contributed by atoms with Gasteiger partial charge in [-0.3, -0.25) is 9.59 Å². The number of hydrogen-bond donors (Lipinski definition) is 1. The predicted octanol–water partition coefficient (Wildman–Crippen LogP) is 1.52. The fourth-order valence-corrected chi connectivity index (χ4v) is 4.28. The van der Waals surface area contributed by atoms with Crippen LogP contribution in [0.5, 0.6) is 0 Å². The highest BCUT2D eigenvalue weighted by Crippen LogP contribution is 2.13. The molecular weight excluding hydrogens is 428 g/mol. The van der Waals surface area contributed by atoms with Gasteiger partial charge in [0.1, 0.15) is 0 Å². The highest BCUT2D eigenvalue weighted by Gasteiger charge is 2.22. The smallest absolute Gasteiger partial charge is 0.253 e. The van der Waals surface area contributed by atoms with Crippen LogP contribution >= 0.6 is 0 Å². The summed E-state index contributed by atoms with van der Waals surface area (Å²) in [5.74, 6) is -0.457. The zero-order chi connectivity index (χ0) is 23.1. The number of piperazine rings is 1. The van der Waals surface area contributed by atoms with Crippen LogP contribution in [0.15, 0.2) is 54.6 Å². The van der Waals surface area contributed by atoms with Crippen LogP contribution < -0.4 is 5.32 Å². The van der Waals surface area contributed by atoms with Crippen LogP contribution in [0.1, 0.15) is 15.9 Å². The number of benzene rings is 2. The molecule has 0 bridgehead atoms. The van der Waals surface area contributed by atoms with Gasteiger partial charge >= 0.3 is 0 Å². The van der Waals surface area contributed by atoms with Crippen molar-refractivity contribution in [2.75, 3.05) is 57.9 Å². The Morgan fingerprint density at radius 1 is 0.969 bits per heavy atom. The molecule has 1 aliphatic rings. The van der Waals surface area contributed by atoms with Crippen LogP contribution in [0.2, 0.25) is 0 Å². The first-order valence-electron chi connectivity index (χ1n) is 10.6. The summed E-state index contributed by atoms with van der Waals surface area (Å²) < 4.78 is 25.4. The minimum Gasteiger partial charge on any atom is -0.336 e. The number of carbonyl (C=O) groups is 2. The molecule has 0 atom stereocenters. The van der Waals surface area contributed by atoms with Crippen LogP contribution in [0.25, 0.3) is 0 Å². The third-order valence-electron chi connectivity index (χ3n) is 5.49. The summed E-state index contributed by atoms with van der Waals surface area (Å²) in [6.07, 6.45) is 1.62. The number of rotatable bonds is 8. The maximum Gasteiger partial charge on any atom is 0.253 e. The van der Waals surface area contributed by atoms with Crippen molar-refractivity contribution in [1.29, 1.82) is 0 Å². The summed E-state index contributed by atoms with van der Waals surface area (Å²) in [4.78, 5) is 29.1. The lowest BCUT2D eigenvalue weighted by Gasteiger charge is -2.32. The molecule has 1 heterocycles. The third-order valence-corrected chi connectivity index (χ3v) is 6.74. The Kier molecular flexibility index (Phi) is 8.00. The van der Waals surface area contributed by atoms with Gasteiger partial charge in [-0.2, -0.15) is 4.31 Å². The summed E-state index contributed by atoms with van der Waals surface area (Å²) in [6.45, 7) is 3.03. The molecular formula is C23H30N4O4S. The molecule has 0 aromatic heterocycles. The van der Waals surface area contributed by atoms with Crippen LogP contribution in [-0.2, 0) is 21.2 Å². The van der Waals surface area contributed by atoms with Crippen LogP contribution in [0, 0.1) is 0 Å². The molecule has 2 aromatic carbocycles. The second-order valence-corrected chi connectivity index (χ2v) is 10.0. The molecule has 1 aliphatic heterocycles. The molecule has 3 rings (SSSR count). The number of anilines is 1. The number of sulfonamides is 1. The first-order valence-corrected chi connectivity index (χ1v) is 12.4. The lowest BCUT2D eigenvalue weighted by Crippen LogP contribution is -2.47. The van der Waals surface area contributed by atoms with Gasteiger partial charge in [0, 0.05) is 44.0 Å². The first-order chi connectivity index (χ1) is 15.2. The largest absolute Gasteiger partial charge is 0.336 e. The standard InChI is InChI=1S/C23H30N4O4S/c1-25-14-16-26(17-15-25)23(29)20-8-10-21(11-9-20)24-22(28)18-27(32(2,30)31)13-12-19-6-4-3-5-7-19/h3-11H,12-18H2,1-2H3,(H,24,28). The predicted molar refractivity (Wildman–Crippen MR) is 125 cm³/mol. The average molecular weight is 459 g/mol. The summed E-state index contributed by atoms with van der Waals surface area (Å²) >= 11 is 0. The Morgan fingerprint density at radius 2 is 1.59 bits per heavy atom. The Hall–Kier alpha value is -2.75. The van der Waals surface area contributed by atoms with E-state index in [0.29, 0.717) is 30.8 Å². The van der Waals surface area contributed by atoms with Crippen LogP contribution in [0.4, 0.5) is 5.69 Å². The van der Waals surface area contributed by atoms with Crippen molar-refractivity contribution in [2.24, 2.45) is 0 Å². The fraction of sp³-hybridized carbons (Fsp3) is 0.391. The van der Waals surface area contributed by atoms with Crippen molar-refractivity contribution >= 4 is 27.5 Å². The maximum absolute atomic E-state index is 12.6. The zero-order valence-corrected chi connectivity index (χ0v) is 19.3. The van der Waals surface area contributed by atoms with E-state index in [1.54, 1.807) is 24.3 Å². The third kappa shape index (κ3) is 6.88. The molecule has 172 valence electrons. The van der Waals surface area contributed by atoms with E-state index in [1.165, 1.54) is 4.31 Å². The molecule has 2 aromatic rings. The molecule has 1 fully saturated rings. The van der Waals surface area contributed by atoms with Crippen molar-refractivity contribution in [2.45, 2.75) is 6.42 Å². The van der Waals surface area contributed by atoms with Gasteiger partial charge in [-0.05, 0) is 43.3 Å². The van der Waals surface area contributed by atoms with E-state index in [9.17, 15) is 18.0 Å². The van der Waals surface area contributed by atoms with Crippen LogP contribution in [0.3, 0.4) is 0 Å². The Morgan fingerprint density at radius 3 is 2.19 bits per heavy atom. The van der Waals surface area contributed by atoms with E-state index < -0.39 is 15.9 Å². The van der Waals surface area contributed by atoms with E-state index in [2.05, 4.69) is 10.2 Å². The van der Waals surface area contributed by atoms with E-state index in [4.69, 9.17) is 0 Å². The van der Waals surface area contributed by atoms with Gasteiger partial charge in [0.25, 0.3) is 5.91 Å². The van der Waals surface area contributed by atoms with Crippen molar-refractivity contribution < 1.29 is 18.0 Å². The summed E-state index contributed by atoms with van der Waals surface area (Å²) in [7, 11) is -1.50. The average Bonchev–Trinajstić information content (AvgIpc) is 2.77. The molecule has 32 heavy (non-hydrogen) atoms. The minimum absolute atomic E-state index is 0.0276. The molecule has 1 N–H and O–H groups in total. The SMILES string of the molecule is CN1CCN(C(=O)c2ccc(NC(=O)CN(CCc3ccccc3)S(C)(=O)=O)cc2)CC1. The van der Waals surface area contributed by atoms with Crippen molar-refractivity contribution in [3.63, 3.8) is 0 Å². The molecule has 1 saturated heterocycles. The number of nitrogens with zero attached hydrogens (tertiary/aromatic N) is 3. The van der Waals surface area contributed by atoms with Crippen molar-refractivity contribution in [3.05, 3.63) is 65.7 Å². The first kappa shape index (κ1) is 23.9. The molecule has 9 heteroatoms. The van der Waals surface area contributed by atoms with Crippen LogP contribution in [-0.4, -0.2) is 86.9 Å². The number of likely N-dealkylation sites (N-methyl/N-ethyl adjacent to an activating group) is 1. The maximum atomic E-state index is 12.6. The molecule has 0 aliphatic carbocycles. The van der Waals surface area contributed by atoms with E-state index >= 15 is 0 Å². The molecule has 0 radical (unpaired) electrons. The summed E-state index contributed by atoms with van der Waals surface area (Å²) in [5, 5.41) is 2.72. The van der Waals surface area contributed by atoms with Gasteiger partial charge in [0.2, 0.25) is 15.9 Å². The van der Waals surface area contributed by atoms with Gasteiger partial charge in [0.15, 0.2) is 0 Å². The lowest BCUT2D eigenvalue weighted by atomic mass is 10.1. The number of nitrogens with one attached hydrogen (secondary N) is 1. The molecule has 0 saturated carbocycles. The topological polar surface area (TPSA) is 90.0 Å². The molecule has 0 unspecified atom stereocenters. The molecule has 8 nitrogen and oxygen atoms in total. The zero-order valence-electron chi connectivity index (χ0n) is 18.5. The highest BCUT2D eigenvalue weighted by atomic mass is 32.2. The second kappa shape index (κ2) is 10.7. The monoisotopic (exact) mass is 458 g/mol.